The fourth-order valence-corrected chi connectivity index (χ4v) is 3.45. The smallest absolute Gasteiger partial charge is 0.341 e. The Kier molecular flexibility index (Phi) is 5.59. The third kappa shape index (κ3) is 4.01. The number of aliphatic carboxylic acids is 1. The van der Waals surface area contributed by atoms with Crippen molar-refractivity contribution in [2.45, 2.75) is 26.7 Å². The normalized spacial score (nSPS) is 17.7. The quantitative estimate of drug-likeness (QED) is 0.821. The summed E-state index contributed by atoms with van der Waals surface area (Å²) in [4.78, 5) is 36.9. The molecule has 1 aliphatic heterocycles. The predicted octanol–water partition coefficient (Wildman–Crippen LogP) is 2.56. The molecule has 0 bridgehead atoms. The molecule has 1 atom stereocenters. The van der Waals surface area contributed by atoms with Gasteiger partial charge >= 0.3 is 18.0 Å². The van der Waals surface area contributed by atoms with Crippen molar-refractivity contribution < 1.29 is 24.2 Å². The van der Waals surface area contributed by atoms with Crippen LogP contribution in [0.2, 0.25) is 0 Å². The fourth-order valence-electron chi connectivity index (χ4n) is 2.53. The van der Waals surface area contributed by atoms with Crippen LogP contribution >= 0.6 is 11.3 Å². The van der Waals surface area contributed by atoms with E-state index in [2.05, 4.69) is 5.32 Å². The highest BCUT2D eigenvalue weighted by Gasteiger charge is 2.29. The van der Waals surface area contributed by atoms with Crippen molar-refractivity contribution in [3.05, 3.63) is 16.5 Å². The second kappa shape index (κ2) is 7.45. The molecule has 126 valence electrons. The van der Waals surface area contributed by atoms with Crippen LogP contribution in [-0.2, 0) is 9.53 Å². The lowest BCUT2D eigenvalue weighted by Gasteiger charge is -2.30. The Balaban J connectivity index is 2.08. The highest BCUT2D eigenvalue weighted by atomic mass is 32.1. The van der Waals surface area contributed by atoms with E-state index in [1.165, 1.54) is 16.2 Å². The van der Waals surface area contributed by atoms with E-state index < -0.39 is 17.9 Å². The van der Waals surface area contributed by atoms with E-state index in [-0.39, 0.29) is 19.2 Å². The van der Waals surface area contributed by atoms with Crippen molar-refractivity contribution in [2.24, 2.45) is 5.92 Å². The zero-order valence-corrected chi connectivity index (χ0v) is 13.9. The van der Waals surface area contributed by atoms with Gasteiger partial charge in [-0.25, -0.2) is 9.59 Å². The zero-order chi connectivity index (χ0) is 17.0. The first-order valence-corrected chi connectivity index (χ1v) is 8.36. The Morgan fingerprint density at radius 2 is 2.22 bits per heavy atom. The molecule has 2 rings (SSSR count). The number of likely N-dealkylation sites (tertiary alicyclic amines) is 1. The SMILES string of the molecule is CCOC(=O)c1c(C)csc1NC(=O)N1CCCC(C(=O)O)C1. The summed E-state index contributed by atoms with van der Waals surface area (Å²) >= 11 is 1.25. The molecule has 1 aromatic heterocycles. The number of hydrogen-bond acceptors (Lipinski definition) is 5. The molecule has 8 heteroatoms. The van der Waals surface area contributed by atoms with Crippen LogP contribution in [0.5, 0.6) is 0 Å². The molecule has 1 saturated heterocycles. The molecule has 0 radical (unpaired) electrons. The minimum atomic E-state index is -0.887. The first-order chi connectivity index (χ1) is 10.9. The van der Waals surface area contributed by atoms with Crippen molar-refractivity contribution >= 4 is 34.3 Å². The number of piperidine rings is 1. The molecule has 0 spiro atoms. The number of carbonyl (C=O) groups is 3. The summed E-state index contributed by atoms with van der Waals surface area (Å²) in [5, 5.41) is 14.0. The molecule has 0 aliphatic carbocycles. The van der Waals surface area contributed by atoms with Gasteiger partial charge in [0, 0.05) is 13.1 Å². The van der Waals surface area contributed by atoms with Gasteiger partial charge in [-0.15, -0.1) is 11.3 Å². The summed E-state index contributed by atoms with van der Waals surface area (Å²) in [6.45, 7) is 4.44. The Labute approximate surface area is 138 Å². The molecule has 23 heavy (non-hydrogen) atoms. The van der Waals surface area contributed by atoms with Crippen molar-refractivity contribution in [3.63, 3.8) is 0 Å². The van der Waals surface area contributed by atoms with E-state index in [0.717, 1.165) is 5.56 Å². The molecule has 0 aromatic carbocycles. The van der Waals surface area contributed by atoms with Crippen molar-refractivity contribution in [1.29, 1.82) is 0 Å². The number of ether oxygens (including phenoxy) is 1. The summed E-state index contributed by atoms with van der Waals surface area (Å²) in [5.41, 5.74) is 1.10. The van der Waals surface area contributed by atoms with E-state index >= 15 is 0 Å². The Hall–Kier alpha value is -2.09. The number of carboxylic acids is 1. The lowest BCUT2D eigenvalue weighted by atomic mass is 9.99. The maximum Gasteiger partial charge on any atom is 0.341 e. The molecule has 0 saturated carbocycles. The highest BCUT2D eigenvalue weighted by molar-refractivity contribution is 7.15. The average molecular weight is 340 g/mol. The number of rotatable bonds is 4. The van der Waals surface area contributed by atoms with Crippen LogP contribution in [0.4, 0.5) is 9.80 Å². The predicted molar refractivity (Wildman–Crippen MR) is 86.0 cm³/mol. The Morgan fingerprint density at radius 1 is 1.48 bits per heavy atom. The molecule has 1 unspecified atom stereocenters. The first-order valence-electron chi connectivity index (χ1n) is 7.48. The van der Waals surface area contributed by atoms with Gasteiger partial charge in [-0.1, -0.05) is 0 Å². The largest absolute Gasteiger partial charge is 0.481 e. The maximum atomic E-state index is 12.4. The molecular weight excluding hydrogens is 320 g/mol. The number of hydrogen-bond donors (Lipinski definition) is 2. The molecule has 1 fully saturated rings. The number of esters is 1. The standard InChI is InChI=1S/C15H20N2O5S/c1-3-22-14(20)11-9(2)8-23-12(11)16-15(21)17-6-4-5-10(7-17)13(18)19/h8,10H,3-7H2,1-2H3,(H,16,21)(H,18,19). The average Bonchev–Trinajstić information content (AvgIpc) is 2.88. The van der Waals surface area contributed by atoms with Crippen LogP contribution < -0.4 is 5.32 Å². The third-order valence-electron chi connectivity index (χ3n) is 3.73. The molecule has 1 aromatic rings. The van der Waals surface area contributed by atoms with Gasteiger partial charge in [-0.3, -0.25) is 10.1 Å². The van der Waals surface area contributed by atoms with Gasteiger partial charge in [0.15, 0.2) is 0 Å². The highest BCUT2D eigenvalue weighted by Crippen LogP contribution is 2.29. The minimum Gasteiger partial charge on any atom is -0.481 e. The number of nitrogens with zero attached hydrogens (tertiary/aromatic N) is 1. The van der Waals surface area contributed by atoms with Gasteiger partial charge in [-0.2, -0.15) is 0 Å². The van der Waals surface area contributed by atoms with Gasteiger partial charge in [0.05, 0.1) is 18.1 Å². The summed E-state index contributed by atoms with van der Waals surface area (Å²) < 4.78 is 5.01. The molecule has 2 amide bonds. The number of aryl methyl sites for hydroxylation is 1. The summed E-state index contributed by atoms with van der Waals surface area (Å²) in [6, 6.07) is -0.386. The molecule has 1 aliphatic rings. The third-order valence-corrected chi connectivity index (χ3v) is 4.75. The van der Waals surface area contributed by atoms with Gasteiger partial charge in [0.1, 0.15) is 5.00 Å². The number of anilines is 1. The van der Waals surface area contributed by atoms with Gasteiger partial charge in [-0.05, 0) is 37.6 Å². The Morgan fingerprint density at radius 3 is 2.87 bits per heavy atom. The van der Waals surface area contributed by atoms with Crippen LogP contribution in [-0.4, -0.2) is 47.7 Å². The number of carbonyl (C=O) groups excluding carboxylic acids is 2. The first kappa shape index (κ1) is 17.3. The molecule has 7 nitrogen and oxygen atoms in total. The van der Waals surface area contributed by atoms with Crippen LogP contribution in [0.25, 0.3) is 0 Å². The van der Waals surface area contributed by atoms with E-state index in [0.29, 0.717) is 30.0 Å². The summed E-state index contributed by atoms with van der Waals surface area (Å²) in [5.74, 6) is -1.89. The fraction of sp³-hybridized carbons (Fsp3) is 0.533. The number of nitrogens with one attached hydrogen (secondary N) is 1. The van der Waals surface area contributed by atoms with Crippen LogP contribution in [0.1, 0.15) is 35.7 Å². The molecule has 2 heterocycles. The second-order valence-electron chi connectivity index (χ2n) is 5.40. The maximum absolute atomic E-state index is 12.4. The van der Waals surface area contributed by atoms with Crippen LogP contribution in [0.3, 0.4) is 0 Å². The molecular formula is C15H20N2O5S. The Bertz CT molecular complexity index is 613. The van der Waals surface area contributed by atoms with Crippen molar-refractivity contribution in [3.8, 4) is 0 Å². The number of thiophene rings is 1. The topological polar surface area (TPSA) is 95.9 Å². The van der Waals surface area contributed by atoms with Gasteiger partial charge in [0.2, 0.25) is 0 Å². The van der Waals surface area contributed by atoms with Crippen LogP contribution in [0.15, 0.2) is 5.38 Å². The monoisotopic (exact) mass is 340 g/mol. The molecule has 2 N–H and O–H groups in total. The lowest BCUT2D eigenvalue weighted by molar-refractivity contribution is -0.143. The minimum absolute atomic E-state index is 0.181. The van der Waals surface area contributed by atoms with Gasteiger partial charge < -0.3 is 14.7 Å². The van der Waals surface area contributed by atoms with E-state index in [1.54, 1.807) is 19.2 Å². The number of carboxylic acid groups (broad SMARTS) is 1. The summed E-state index contributed by atoms with van der Waals surface area (Å²) in [6.07, 6.45) is 1.23. The number of amides is 2. The van der Waals surface area contributed by atoms with E-state index in [1.807, 2.05) is 0 Å². The van der Waals surface area contributed by atoms with E-state index in [4.69, 9.17) is 9.84 Å². The second-order valence-corrected chi connectivity index (χ2v) is 6.28. The van der Waals surface area contributed by atoms with Gasteiger partial charge in [0.25, 0.3) is 0 Å². The lowest BCUT2D eigenvalue weighted by Crippen LogP contribution is -2.44. The summed E-state index contributed by atoms with van der Waals surface area (Å²) in [7, 11) is 0. The number of urea groups is 1. The van der Waals surface area contributed by atoms with Crippen LogP contribution in [0, 0.1) is 12.8 Å². The van der Waals surface area contributed by atoms with Crippen molar-refractivity contribution in [1.82, 2.24) is 4.90 Å². The van der Waals surface area contributed by atoms with E-state index in [9.17, 15) is 14.4 Å². The van der Waals surface area contributed by atoms with Crippen molar-refractivity contribution in [2.75, 3.05) is 25.0 Å². The zero-order valence-electron chi connectivity index (χ0n) is 13.1.